The normalized spacial score (nSPS) is 23.9. The first-order chi connectivity index (χ1) is 6.72. The van der Waals surface area contributed by atoms with Crippen LogP contribution in [0.5, 0.6) is 0 Å². The van der Waals surface area contributed by atoms with Crippen LogP contribution in [0.1, 0.15) is 13.3 Å². The van der Waals surface area contributed by atoms with Gasteiger partial charge in [-0.3, -0.25) is 14.6 Å². The van der Waals surface area contributed by atoms with E-state index in [0.717, 1.165) is 26.1 Å². The van der Waals surface area contributed by atoms with Crippen molar-refractivity contribution in [2.75, 3.05) is 26.2 Å². The van der Waals surface area contributed by atoms with Crippen LogP contribution in [0.2, 0.25) is 0 Å². The summed E-state index contributed by atoms with van der Waals surface area (Å²) in [5.74, 6) is -0.0869. The standard InChI is InChI=1S/C9H15N3O2/c1-2-3-11-5-7(6-11)12-8(13)4-10-9(12)14/h7H,2-6H2,1H3,(H,10,14). The van der Waals surface area contributed by atoms with Crippen molar-refractivity contribution in [3.63, 3.8) is 0 Å². The lowest BCUT2D eigenvalue weighted by Crippen LogP contribution is -2.61. The van der Waals surface area contributed by atoms with Crippen molar-refractivity contribution in [2.45, 2.75) is 19.4 Å². The van der Waals surface area contributed by atoms with Crippen molar-refractivity contribution in [1.29, 1.82) is 0 Å². The highest BCUT2D eigenvalue weighted by Gasteiger charge is 2.40. The minimum absolute atomic E-state index is 0.0869. The summed E-state index contributed by atoms with van der Waals surface area (Å²) in [5.41, 5.74) is 0. The molecule has 0 aromatic carbocycles. The highest BCUT2D eigenvalue weighted by atomic mass is 16.2. The summed E-state index contributed by atoms with van der Waals surface area (Å²) < 4.78 is 0. The van der Waals surface area contributed by atoms with E-state index in [2.05, 4.69) is 17.1 Å². The van der Waals surface area contributed by atoms with Crippen molar-refractivity contribution in [3.8, 4) is 0 Å². The van der Waals surface area contributed by atoms with Crippen LogP contribution in [0.4, 0.5) is 4.79 Å². The molecule has 0 radical (unpaired) electrons. The number of nitrogens with one attached hydrogen (secondary N) is 1. The molecular weight excluding hydrogens is 182 g/mol. The molecule has 0 unspecified atom stereocenters. The summed E-state index contributed by atoms with van der Waals surface area (Å²) in [6.07, 6.45) is 1.12. The Labute approximate surface area is 83.0 Å². The molecule has 2 saturated heterocycles. The quantitative estimate of drug-likeness (QED) is 0.628. The van der Waals surface area contributed by atoms with E-state index in [0.29, 0.717) is 0 Å². The van der Waals surface area contributed by atoms with E-state index < -0.39 is 0 Å². The maximum atomic E-state index is 11.3. The van der Waals surface area contributed by atoms with E-state index in [1.165, 1.54) is 4.90 Å². The van der Waals surface area contributed by atoms with Crippen molar-refractivity contribution in [1.82, 2.24) is 15.1 Å². The molecule has 0 aliphatic carbocycles. The third kappa shape index (κ3) is 1.48. The van der Waals surface area contributed by atoms with Gasteiger partial charge in [0.1, 0.15) is 0 Å². The van der Waals surface area contributed by atoms with E-state index >= 15 is 0 Å². The first-order valence-corrected chi connectivity index (χ1v) is 5.04. The maximum Gasteiger partial charge on any atom is 0.324 e. The molecule has 14 heavy (non-hydrogen) atoms. The average Bonchev–Trinajstić information content (AvgIpc) is 2.40. The topological polar surface area (TPSA) is 52.6 Å². The van der Waals surface area contributed by atoms with Crippen LogP contribution >= 0.6 is 0 Å². The molecule has 0 aromatic rings. The van der Waals surface area contributed by atoms with Crippen LogP contribution in [-0.2, 0) is 4.79 Å². The summed E-state index contributed by atoms with van der Waals surface area (Å²) in [6, 6.07) is -0.118. The van der Waals surface area contributed by atoms with E-state index in [-0.39, 0.29) is 24.5 Å². The van der Waals surface area contributed by atoms with E-state index in [1.807, 2.05) is 0 Å². The number of nitrogens with zero attached hydrogens (tertiary/aromatic N) is 2. The minimum Gasteiger partial charge on any atom is -0.329 e. The van der Waals surface area contributed by atoms with E-state index in [9.17, 15) is 9.59 Å². The smallest absolute Gasteiger partial charge is 0.324 e. The molecule has 0 saturated carbocycles. The van der Waals surface area contributed by atoms with Crippen LogP contribution in [0.15, 0.2) is 0 Å². The lowest BCUT2D eigenvalue weighted by molar-refractivity contribution is -0.129. The fourth-order valence-electron chi connectivity index (χ4n) is 2.01. The third-order valence-corrected chi connectivity index (χ3v) is 2.72. The van der Waals surface area contributed by atoms with Gasteiger partial charge in [0.05, 0.1) is 12.6 Å². The number of likely N-dealkylation sites (tertiary alicyclic amines) is 1. The predicted octanol–water partition coefficient (Wildman–Crippen LogP) is -0.368. The first-order valence-electron chi connectivity index (χ1n) is 5.04. The molecule has 0 spiro atoms. The summed E-state index contributed by atoms with van der Waals surface area (Å²) in [6.45, 7) is 5.03. The Balaban J connectivity index is 1.86. The van der Waals surface area contributed by atoms with Crippen molar-refractivity contribution in [2.24, 2.45) is 0 Å². The predicted molar refractivity (Wildman–Crippen MR) is 50.8 cm³/mol. The zero-order valence-corrected chi connectivity index (χ0v) is 8.32. The third-order valence-electron chi connectivity index (χ3n) is 2.72. The Kier molecular flexibility index (Phi) is 2.41. The van der Waals surface area contributed by atoms with Crippen LogP contribution in [0, 0.1) is 0 Å². The Bertz CT molecular complexity index is 245. The Morgan fingerprint density at radius 2 is 2.14 bits per heavy atom. The van der Waals surface area contributed by atoms with Crippen LogP contribution in [0.3, 0.4) is 0 Å². The van der Waals surface area contributed by atoms with Gasteiger partial charge in [-0.1, -0.05) is 6.92 Å². The van der Waals surface area contributed by atoms with Gasteiger partial charge in [0.2, 0.25) is 5.91 Å². The van der Waals surface area contributed by atoms with Crippen molar-refractivity contribution < 1.29 is 9.59 Å². The fraction of sp³-hybridized carbons (Fsp3) is 0.778. The number of rotatable bonds is 3. The molecule has 2 aliphatic heterocycles. The van der Waals surface area contributed by atoms with Crippen LogP contribution < -0.4 is 5.32 Å². The molecule has 2 fully saturated rings. The number of hydrogen-bond acceptors (Lipinski definition) is 3. The van der Waals surface area contributed by atoms with Gasteiger partial charge < -0.3 is 5.32 Å². The van der Waals surface area contributed by atoms with Gasteiger partial charge in [0, 0.05) is 13.1 Å². The van der Waals surface area contributed by atoms with Crippen molar-refractivity contribution >= 4 is 11.9 Å². The van der Waals surface area contributed by atoms with Gasteiger partial charge in [0.25, 0.3) is 0 Å². The molecule has 3 amide bonds. The molecule has 5 heteroatoms. The summed E-state index contributed by atoms with van der Waals surface area (Å²) in [7, 11) is 0. The minimum atomic E-state index is -0.226. The lowest BCUT2D eigenvalue weighted by atomic mass is 10.1. The second-order valence-corrected chi connectivity index (χ2v) is 3.84. The number of carbonyl (C=O) groups excluding carboxylic acids is 2. The van der Waals surface area contributed by atoms with Crippen LogP contribution in [-0.4, -0.2) is 54.0 Å². The maximum absolute atomic E-state index is 11.3. The zero-order valence-electron chi connectivity index (χ0n) is 8.32. The van der Waals surface area contributed by atoms with Gasteiger partial charge >= 0.3 is 6.03 Å². The highest BCUT2D eigenvalue weighted by molar-refractivity contribution is 6.02. The zero-order chi connectivity index (χ0) is 10.1. The molecule has 2 rings (SSSR count). The molecule has 78 valence electrons. The molecule has 2 heterocycles. The number of urea groups is 1. The van der Waals surface area contributed by atoms with Crippen LogP contribution in [0.25, 0.3) is 0 Å². The summed E-state index contributed by atoms with van der Waals surface area (Å²) >= 11 is 0. The van der Waals surface area contributed by atoms with E-state index in [1.54, 1.807) is 0 Å². The second kappa shape index (κ2) is 3.57. The Morgan fingerprint density at radius 1 is 1.43 bits per heavy atom. The Hall–Kier alpha value is -1.10. The number of imide groups is 1. The molecule has 0 aromatic heterocycles. The molecular formula is C9H15N3O2. The van der Waals surface area contributed by atoms with Gasteiger partial charge in [0.15, 0.2) is 0 Å². The van der Waals surface area contributed by atoms with Gasteiger partial charge in [-0.05, 0) is 13.0 Å². The monoisotopic (exact) mass is 197 g/mol. The van der Waals surface area contributed by atoms with Gasteiger partial charge in [-0.25, -0.2) is 4.79 Å². The second-order valence-electron chi connectivity index (χ2n) is 3.84. The first kappa shape index (κ1) is 9.45. The molecule has 1 N–H and O–H groups in total. The molecule has 2 aliphatic rings. The van der Waals surface area contributed by atoms with Gasteiger partial charge in [-0.15, -0.1) is 0 Å². The highest BCUT2D eigenvalue weighted by Crippen LogP contribution is 2.17. The Morgan fingerprint density at radius 3 is 2.64 bits per heavy atom. The number of amides is 3. The molecule has 0 atom stereocenters. The molecule has 0 bridgehead atoms. The van der Waals surface area contributed by atoms with Crippen molar-refractivity contribution in [3.05, 3.63) is 0 Å². The lowest BCUT2D eigenvalue weighted by Gasteiger charge is -2.42. The summed E-state index contributed by atoms with van der Waals surface area (Å²) in [4.78, 5) is 26.2. The van der Waals surface area contributed by atoms with Gasteiger partial charge in [-0.2, -0.15) is 0 Å². The number of hydrogen-bond donors (Lipinski definition) is 1. The fourth-order valence-corrected chi connectivity index (χ4v) is 2.01. The SMILES string of the molecule is CCCN1CC(N2C(=O)CNC2=O)C1. The largest absolute Gasteiger partial charge is 0.329 e. The molecule has 5 nitrogen and oxygen atoms in total. The summed E-state index contributed by atoms with van der Waals surface area (Å²) in [5, 5.41) is 2.53. The average molecular weight is 197 g/mol. The number of carbonyl (C=O) groups is 2. The van der Waals surface area contributed by atoms with E-state index in [4.69, 9.17) is 0 Å².